The van der Waals surface area contributed by atoms with E-state index >= 15 is 0 Å². The molecular weight excluding hydrogens is 414 g/mol. The average molecular weight is 433 g/mol. The molecule has 0 fully saturated rings. The number of benzene rings is 2. The van der Waals surface area contributed by atoms with Gasteiger partial charge in [-0.05, 0) is 24.3 Å². The highest BCUT2D eigenvalue weighted by Gasteiger charge is 2.29. The normalized spacial score (nSPS) is 11.0. The van der Waals surface area contributed by atoms with Gasteiger partial charge in [0.25, 0.3) is 15.9 Å². The second-order valence-corrected chi connectivity index (χ2v) is 7.67. The van der Waals surface area contributed by atoms with E-state index in [0.717, 1.165) is 6.92 Å². The molecule has 0 aliphatic carbocycles. The third-order valence-electron chi connectivity index (χ3n) is 4.01. The van der Waals surface area contributed by atoms with E-state index in [4.69, 9.17) is 18.6 Å². The van der Waals surface area contributed by atoms with Crippen LogP contribution in [-0.2, 0) is 14.8 Å². The fraction of sp³-hybridized carbons (Fsp3) is 0.150. The van der Waals surface area contributed by atoms with Crippen molar-refractivity contribution < 1.29 is 36.9 Å². The van der Waals surface area contributed by atoms with Gasteiger partial charge in [-0.25, -0.2) is 13.1 Å². The zero-order valence-electron chi connectivity index (χ0n) is 16.3. The molecule has 2 aromatic carbocycles. The summed E-state index contributed by atoms with van der Waals surface area (Å²) in [5, 5.41) is 10.7. The van der Waals surface area contributed by atoms with Gasteiger partial charge in [0.05, 0.1) is 24.7 Å². The predicted octanol–water partition coefficient (Wildman–Crippen LogP) is 3.40. The van der Waals surface area contributed by atoms with Crippen LogP contribution in [0.4, 0.5) is 5.88 Å². The Morgan fingerprint density at radius 3 is 2.30 bits per heavy atom. The van der Waals surface area contributed by atoms with Gasteiger partial charge < -0.3 is 23.7 Å². The molecule has 0 atom stereocenters. The number of hydrogen-bond acceptors (Lipinski definition) is 8. The number of ether oxygens (including phenoxy) is 3. The zero-order valence-corrected chi connectivity index (χ0v) is 17.1. The van der Waals surface area contributed by atoms with E-state index in [-0.39, 0.29) is 22.0 Å². The minimum Gasteiger partial charge on any atom is -0.502 e. The monoisotopic (exact) mass is 433 g/mol. The average Bonchev–Trinajstić information content (AvgIpc) is 3.02. The standard InChI is InChI=1S/C20H19NO8S/c1-12(22)28-19-16(23)18(14-10-7-11-15(26-2)17(14)27-3)29-20(19)21-30(24,25)13-8-5-4-6-9-13/h4-11,21,23H,1-3H3. The topological polar surface area (TPSA) is 124 Å². The van der Waals surface area contributed by atoms with E-state index < -0.39 is 33.4 Å². The highest BCUT2D eigenvalue weighted by molar-refractivity contribution is 7.92. The van der Waals surface area contributed by atoms with E-state index in [1.54, 1.807) is 36.4 Å². The lowest BCUT2D eigenvalue weighted by molar-refractivity contribution is -0.131. The van der Waals surface area contributed by atoms with Crippen LogP contribution in [0.5, 0.6) is 23.0 Å². The molecule has 0 spiro atoms. The van der Waals surface area contributed by atoms with Crippen LogP contribution in [0.25, 0.3) is 11.3 Å². The maximum atomic E-state index is 12.7. The Kier molecular flexibility index (Phi) is 5.88. The summed E-state index contributed by atoms with van der Waals surface area (Å²) in [5.41, 5.74) is 0.257. The summed E-state index contributed by atoms with van der Waals surface area (Å²) in [4.78, 5) is 11.5. The first-order chi connectivity index (χ1) is 14.3. The number of hydrogen-bond donors (Lipinski definition) is 2. The second-order valence-electron chi connectivity index (χ2n) is 5.99. The summed E-state index contributed by atoms with van der Waals surface area (Å²) in [5.74, 6) is -1.89. The number of para-hydroxylation sites is 1. The number of aromatic hydroxyl groups is 1. The molecule has 0 unspecified atom stereocenters. The van der Waals surface area contributed by atoms with Crippen LogP contribution in [-0.4, -0.2) is 33.7 Å². The second kappa shape index (κ2) is 8.37. The number of nitrogens with one attached hydrogen (secondary N) is 1. The summed E-state index contributed by atoms with van der Waals surface area (Å²) in [7, 11) is -1.25. The highest BCUT2D eigenvalue weighted by atomic mass is 32.2. The number of carbonyl (C=O) groups excluding carboxylic acids is 1. The first-order valence-corrected chi connectivity index (χ1v) is 10.1. The lowest BCUT2D eigenvalue weighted by Gasteiger charge is -2.11. The zero-order chi connectivity index (χ0) is 21.9. The summed E-state index contributed by atoms with van der Waals surface area (Å²) in [6, 6.07) is 12.3. The van der Waals surface area contributed by atoms with Crippen molar-refractivity contribution in [3.8, 4) is 34.3 Å². The van der Waals surface area contributed by atoms with Crippen molar-refractivity contribution >= 4 is 21.9 Å². The van der Waals surface area contributed by atoms with Crippen molar-refractivity contribution in [1.29, 1.82) is 0 Å². The maximum Gasteiger partial charge on any atom is 0.308 e. The summed E-state index contributed by atoms with van der Waals surface area (Å²) < 4.78 is 48.7. The number of carbonyl (C=O) groups is 1. The molecule has 1 aromatic heterocycles. The molecule has 0 aliphatic rings. The van der Waals surface area contributed by atoms with Gasteiger partial charge in [0.2, 0.25) is 11.5 Å². The molecular formula is C20H19NO8S. The Bertz CT molecular complexity index is 1170. The molecule has 10 heteroatoms. The molecule has 1 heterocycles. The van der Waals surface area contributed by atoms with Crippen molar-refractivity contribution in [1.82, 2.24) is 0 Å². The van der Waals surface area contributed by atoms with Crippen LogP contribution in [0, 0.1) is 0 Å². The first kappa shape index (κ1) is 21.1. The Morgan fingerprint density at radius 2 is 1.70 bits per heavy atom. The molecule has 30 heavy (non-hydrogen) atoms. The van der Waals surface area contributed by atoms with Gasteiger partial charge in [-0.1, -0.05) is 24.3 Å². The number of furan rings is 1. The van der Waals surface area contributed by atoms with Crippen molar-refractivity contribution in [2.75, 3.05) is 18.9 Å². The van der Waals surface area contributed by atoms with Crippen LogP contribution < -0.4 is 18.9 Å². The van der Waals surface area contributed by atoms with E-state index in [9.17, 15) is 18.3 Å². The van der Waals surface area contributed by atoms with Crippen LogP contribution in [0.3, 0.4) is 0 Å². The van der Waals surface area contributed by atoms with Gasteiger partial charge in [0.15, 0.2) is 17.3 Å². The van der Waals surface area contributed by atoms with Gasteiger partial charge in [-0.15, -0.1) is 0 Å². The van der Waals surface area contributed by atoms with Gasteiger partial charge in [-0.2, -0.15) is 0 Å². The molecule has 0 saturated carbocycles. The largest absolute Gasteiger partial charge is 0.502 e. The molecule has 9 nitrogen and oxygen atoms in total. The Morgan fingerprint density at radius 1 is 1.00 bits per heavy atom. The van der Waals surface area contributed by atoms with Crippen molar-refractivity contribution in [2.24, 2.45) is 0 Å². The highest BCUT2D eigenvalue weighted by Crippen LogP contribution is 2.50. The number of anilines is 1. The van der Waals surface area contributed by atoms with Gasteiger partial charge in [-0.3, -0.25) is 4.79 Å². The molecule has 0 bridgehead atoms. The van der Waals surface area contributed by atoms with Crippen LogP contribution in [0.1, 0.15) is 6.92 Å². The number of sulfonamides is 1. The molecule has 0 amide bonds. The van der Waals surface area contributed by atoms with Gasteiger partial charge in [0, 0.05) is 6.92 Å². The fourth-order valence-electron chi connectivity index (χ4n) is 2.74. The van der Waals surface area contributed by atoms with E-state index in [2.05, 4.69) is 4.72 Å². The van der Waals surface area contributed by atoms with Crippen molar-refractivity contribution in [2.45, 2.75) is 11.8 Å². The van der Waals surface area contributed by atoms with Crippen molar-refractivity contribution in [3.63, 3.8) is 0 Å². The van der Waals surface area contributed by atoms with Crippen LogP contribution >= 0.6 is 0 Å². The Hall–Kier alpha value is -3.66. The number of rotatable bonds is 7. The fourth-order valence-corrected chi connectivity index (χ4v) is 3.75. The molecule has 2 N–H and O–H groups in total. The molecule has 3 rings (SSSR count). The molecule has 0 radical (unpaired) electrons. The van der Waals surface area contributed by atoms with Crippen LogP contribution in [0.2, 0.25) is 0 Å². The molecule has 0 saturated heterocycles. The first-order valence-electron chi connectivity index (χ1n) is 8.62. The minimum absolute atomic E-state index is 0.0461. The summed E-state index contributed by atoms with van der Waals surface area (Å²) in [6.45, 7) is 1.10. The van der Waals surface area contributed by atoms with Gasteiger partial charge >= 0.3 is 5.97 Å². The minimum atomic E-state index is -4.09. The Labute approximate surface area is 172 Å². The molecule has 3 aromatic rings. The Balaban J connectivity index is 2.15. The SMILES string of the molecule is COc1cccc(-c2oc(NS(=O)(=O)c3ccccc3)c(OC(C)=O)c2O)c1OC. The quantitative estimate of drug-likeness (QED) is 0.543. The molecule has 0 aliphatic heterocycles. The predicted molar refractivity (Wildman–Crippen MR) is 107 cm³/mol. The number of methoxy groups -OCH3 is 2. The van der Waals surface area contributed by atoms with E-state index in [0.29, 0.717) is 5.75 Å². The van der Waals surface area contributed by atoms with Crippen LogP contribution in [0.15, 0.2) is 57.8 Å². The van der Waals surface area contributed by atoms with Crippen molar-refractivity contribution in [3.05, 3.63) is 48.5 Å². The van der Waals surface area contributed by atoms with E-state index in [1.165, 1.54) is 26.4 Å². The maximum absolute atomic E-state index is 12.7. The lowest BCUT2D eigenvalue weighted by atomic mass is 10.1. The molecule has 158 valence electrons. The number of esters is 1. The van der Waals surface area contributed by atoms with Gasteiger partial charge in [0.1, 0.15) is 0 Å². The summed E-state index contributed by atoms with van der Waals surface area (Å²) in [6.07, 6.45) is 0. The van der Waals surface area contributed by atoms with E-state index in [1.807, 2.05) is 0 Å². The lowest BCUT2D eigenvalue weighted by Crippen LogP contribution is -2.13. The smallest absolute Gasteiger partial charge is 0.308 e. The third kappa shape index (κ3) is 4.03. The summed E-state index contributed by atoms with van der Waals surface area (Å²) >= 11 is 0. The third-order valence-corrected chi connectivity index (χ3v) is 5.36.